The van der Waals surface area contributed by atoms with Gasteiger partial charge in [-0.15, -0.1) is 0 Å². The van der Waals surface area contributed by atoms with Crippen molar-refractivity contribution in [2.45, 2.75) is 39.2 Å². The van der Waals surface area contributed by atoms with Gasteiger partial charge in [-0.3, -0.25) is 9.48 Å². The molecule has 0 aliphatic rings. The second kappa shape index (κ2) is 6.88. The van der Waals surface area contributed by atoms with Gasteiger partial charge in [-0.25, -0.2) is 0 Å². The van der Waals surface area contributed by atoms with E-state index in [1.165, 1.54) is 5.56 Å². The Kier molecular flexibility index (Phi) is 4.90. The molecular formula is C16H20N2O. The molecular weight excluding hydrogens is 236 g/mol. The molecule has 1 aromatic heterocycles. The van der Waals surface area contributed by atoms with E-state index < -0.39 is 0 Å². The van der Waals surface area contributed by atoms with Gasteiger partial charge in [0.1, 0.15) is 0 Å². The molecule has 100 valence electrons. The molecule has 0 aliphatic carbocycles. The molecule has 0 aliphatic heterocycles. The number of hydrogen-bond donors (Lipinski definition) is 0. The number of Topliss-reactive ketones (excluding diaryl/α,β-unsaturated/α-hetero) is 1. The number of carbonyl (C=O) groups is 1. The van der Waals surface area contributed by atoms with Crippen molar-refractivity contribution in [1.82, 2.24) is 9.78 Å². The van der Waals surface area contributed by atoms with Crippen LogP contribution in [-0.4, -0.2) is 15.6 Å². The van der Waals surface area contributed by atoms with Gasteiger partial charge in [0.05, 0.1) is 11.8 Å². The molecule has 0 saturated carbocycles. The molecule has 0 atom stereocenters. The Morgan fingerprint density at radius 2 is 2.05 bits per heavy atom. The monoisotopic (exact) mass is 256 g/mol. The lowest BCUT2D eigenvalue weighted by Gasteiger charge is -2.00. The van der Waals surface area contributed by atoms with E-state index in [4.69, 9.17) is 0 Å². The fourth-order valence-corrected chi connectivity index (χ4v) is 2.10. The van der Waals surface area contributed by atoms with Gasteiger partial charge in [0.25, 0.3) is 0 Å². The minimum absolute atomic E-state index is 0.193. The van der Waals surface area contributed by atoms with Gasteiger partial charge >= 0.3 is 0 Å². The Labute approximate surface area is 114 Å². The molecule has 2 aromatic rings. The number of rotatable bonds is 7. The first-order valence-electron chi connectivity index (χ1n) is 6.89. The zero-order valence-electron chi connectivity index (χ0n) is 11.4. The number of aromatic nitrogens is 2. The van der Waals surface area contributed by atoms with Crippen LogP contribution in [0.1, 0.15) is 42.1 Å². The highest BCUT2D eigenvalue weighted by atomic mass is 16.1. The highest BCUT2D eigenvalue weighted by Gasteiger charge is 2.08. The van der Waals surface area contributed by atoms with Crippen molar-refractivity contribution in [2.75, 3.05) is 0 Å². The third kappa shape index (κ3) is 4.05. The molecule has 0 amide bonds. The van der Waals surface area contributed by atoms with Crippen LogP contribution in [0.4, 0.5) is 0 Å². The summed E-state index contributed by atoms with van der Waals surface area (Å²) in [7, 11) is 0. The second-order valence-corrected chi connectivity index (χ2v) is 4.75. The van der Waals surface area contributed by atoms with Gasteiger partial charge in [-0.2, -0.15) is 5.10 Å². The molecule has 0 saturated heterocycles. The summed E-state index contributed by atoms with van der Waals surface area (Å²) in [6.07, 6.45) is 7.00. The van der Waals surface area contributed by atoms with Crippen molar-refractivity contribution in [3.8, 4) is 0 Å². The first-order chi connectivity index (χ1) is 9.29. The minimum atomic E-state index is 0.193. The summed E-state index contributed by atoms with van der Waals surface area (Å²) in [6, 6.07) is 10.3. The Morgan fingerprint density at radius 3 is 2.79 bits per heavy atom. The number of aryl methyl sites for hydroxylation is 2. The molecule has 0 fully saturated rings. The van der Waals surface area contributed by atoms with E-state index in [2.05, 4.69) is 24.2 Å². The maximum atomic E-state index is 12.0. The first kappa shape index (κ1) is 13.5. The van der Waals surface area contributed by atoms with Crippen LogP contribution in [0.25, 0.3) is 0 Å². The Morgan fingerprint density at radius 1 is 1.26 bits per heavy atom. The van der Waals surface area contributed by atoms with Crippen molar-refractivity contribution in [1.29, 1.82) is 0 Å². The summed E-state index contributed by atoms with van der Waals surface area (Å²) in [6.45, 7) is 2.97. The van der Waals surface area contributed by atoms with Gasteiger partial charge in [-0.05, 0) is 24.8 Å². The predicted molar refractivity (Wildman–Crippen MR) is 76.2 cm³/mol. The lowest BCUT2D eigenvalue weighted by atomic mass is 10.0. The largest absolute Gasteiger partial charge is 0.294 e. The maximum absolute atomic E-state index is 12.0. The molecule has 1 aromatic carbocycles. The van der Waals surface area contributed by atoms with Crippen molar-refractivity contribution in [3.63, 3.8) is 0 Å². The summed E-state index contributed by atoms with van der Waals surface area (Å²) in [4.78, 5) is 12.0. The van der Waals surface area contributed by atoms with Crippen LogP contribution < -0.4 is 0 Å². The van der Waals surface area contributed by atoms with E-state index in [0.717, 1.165) is 31.4 Å². The highest BCUT2D eigenvalue weighted by molar-refractivity contribution is 5.95. The smallest absolute Gasteiger partial charge is 0.166 e. The Balaban J connectivity index is 1.80. The fraction of sp³-hybridized carbons (Fsp3) is 0.375. The summed E-state index contributed by atoms with van der Waals surface area (Å²) >= 11 is 0. The zero-order chi connectivity index (χ0) is 13.5. The van der Waals surface area contributed by atoms with Gasteiger partial charge in [0, 0.05) is 19.2 Å². The van der Waals surface area contributed by atoms with Crippen LogP contribution in [0.15, 0.2) is 42.7 Å². The molecule has 0 spiro atoms. The molecule has 3 nitrogen and oxygen atoms in total. The number of benzene rings is 1. The van der Waals surface area contributed by atoms with Gasteiger partial charge in [-0.1, -0.05) is 37.3 Å². The van der Waals surface area contributed by atoms with E-state index in [1.54, 1.807) is 6.20 Å². The molecule has 0 radical (unpaired) electrons. The average Bonchev–Trinajstić information content (AvgIpc) is 2.89. The summed E-state index contributed by atoms with van der Waals surface area (Å²) in [5.41, 5.74) is 2.03. The number of ketones is 1. The third-order valence-corrected chi connectivity index (χ3v) is 3.12. The van der Waals surface area contributed by atoms with Crippen molar-refractivity contribution in [3.05, 3.63) is 53.9 Å². The first-order valence-corrected chi connectivity index (χ1v) is 6.89. The molecule has 19 heavy (non-hydrogen) atoms. The lowest BCUT2D eigenvalue weighted by Crippen LogP contribution is -1.99. The highest BCUT2D eigenvalue weighted by Crippen LogP contribution is 2.09. The fourth-order valence-electron chi connectivity index (χ4n) is 2.10. The predicted octanol–water partition coefficient (Wildman–Crippen LogP) is 3.50. The van der Waals surface area contributed by atoms with Crippen LogP contribution in [0.2, 0.25) is 0 Å². The number of nitrogens with zero attached hydrogens (tertiary/aromatic N) is 2. The van der Waals surface area contributed by atoms with E-state index in [1.807, 2.05) is 29.1 Å². The topological polar surface area (TPSA) is 34.9 Å². The van der Waals surface area contributed by atoms with Gasteiger partial charge < -0.3 is 0 Å². The van der Waals surface area contributed by atoms with E-state index in [0.29, 0.717) is 6.42 Å². The molecule has 0 N–H and O–H groups in total. The van der Waals surface area contributed by atoms with E-state index in [-0.39, 0.29) is 5.78 Å². The third-order valence-electron chi connectivity index (χ3n) is 3.12. The Hall–Kier alpha value is -1.90. The zero-order valence-corrected chi connectivity index (χ0v) is 11.4. The molecule has 0 unspecified atom stereocenters. The molecule has 2 rings (SSSR count). The van der Waals surface area contributed by atoms with Crippen molar-refractivity contribution in [2.24, 2.45) is 0 Å². The standard InChI is InChI=1S/C16H20N2O/c1-2-11-18-13-15(12-17-18)16(19)10-6-9-14-7-4-3-5-8-14/h3-5,7-8,12-13H,2,6,9-11H2,1H3. The van der Waals surface area contributed by atoms with Crippen LogP contribution >= 0.6 is 0 Å². The normalized spacial score (nSPS) is 10.6. The molecule has 0 bridgehead atoms. The molecule has 1 heterocycles. The van der Waals surface area contributed by atoms with Crippen LogP contribution in [0.5, 0.6) is 0 Å². The van der Waals surface area contributed by atoms with Crippen LogP contribution in [-0.2, 0) is 13.0 Å². The Bertz CT molecular complexity index is 517. The van der Waals surface area contributed by atoms with Gasteiger partial charge in [0.15, 0.2) is 5.78 Å². The van der Waals surface area contributed by atoms with Crippen LogP contribution in [0.3, 0.4) is 0 Å². The lowest BCUT2D eigenvalue weighted by molar-refractivity contribution is 0.0980. The number of hydrogen-bond acceptors (Lipinski definition) is 2. The number of carbonyl (C=O) groups excluding carboxylic acids is 1. The van der Waals surface area contributed by atoms with Crippen LogP contribution in [0, 0.1) is 0 Å². The minimum Gasteiger partial charge on any atom is -0.294 e. The average molecular weight is 256 g/mol. The second-order valence-electron chi connectivity index (χ2n) is 4.75. The SMILES string of the molecule is CCCn1cc(C(=O)CCCc2ccccc2)cn1. The van der Waals surface area contributed by atoms with E-state index >= 15 is 0 Å². The summed E-state index contributed by atoms with van der Waals surface area (Å²) < 4.78 is 1.84. The summed E-state index contributed by atoms with van der Waals surface area (Å²) in [5, 5.41) is 4.19. The molecule has 3 heteroatoms. The van der Waals surface area contributed by atoms with E-state index in [9.17, 15) is 4.79 Å². The maximum Gasteiger partial charge on any atom is 0.166 e. The van der Waals surface area contributed by atoms with Gasteiger partial charge in [0.2, 0.25) is 0 Å². The van der Waals surface area contributed by atoms with Crippen molar-refractivity contribution >= 4 is 5.78 Å². The quantitative estimate of drug-likeness (QED) is 0.711. The summed E-state index contributed by atoms with van der Waals surface area (Å²) in [5.74, 6) is 0.193. The van der Waals surface area contributed by atoms with Crippen molar-refractivity contribution < 1.29 is 4.79 Å².